The van der Waals surface area contributed by atoms with Gasteiger partial charge in [0.15, 0.2) is 5.78 Å². The lowest BCUT2D eigenvalue weighted by molar-refractivity contribution is 0.0965. The molecule has 1 aliphatic rings. The number of fused-ring (bicyclic) bond motifs is 1. The van der Waals surface area contributed by atoms with E-state index in [0.29, 0.717) is 17.5 Å². The predicted octanol–water partition coefficient (Wildman–Crippen LogP) is 2.90. The third-order valence-corrected chi connectivity index (χ3v) is 4.13. The molecule has 1 aromatic heterocycles. The van der Waals surface area contributed by atoms with Gasteiger partial charge >= 0.3 is 0 Å². The van der Waals surface area contributed by atoms with E-state index >= 15 is 0 Å². The number of H-pyrrole nitrogens is 1. The van der Waals surface area contributed by atoms with Crippen LogP contribution in [-0.2, 0) is 13.0 Å². The van der Waals surface area contributed by atoms with Crippen LogP contribution in [0.25, 0.3) is 0 Å². The number of carbonyl (C=O) groups excluding carboxylic acids is 2. The van der Waals surface area contributed by atoms with Crippen molar-refractivity contribution in [2.45, 2.75) is 32.2 Å². The Hall–Kier alpha value is -2.40. The van der Waals surface area contributed by atoms with Gasteiger partial charge in [-0.2, -0.15) is 0 Å². The number of aromatic nitrogens is 1. The fraction of sp³-hybridized carbons (Fsp3) is 0.333. The molecule has 0 fully saturated rings. The zero-order valence-corrected chi connectivity index (χ0v) is 13.2. The number of rotatable bonds is 4. The fourth-order valence-corrected chi connectivity index (χ4v) is 3.03. The molecule has 1 amide bonds. The van der Waals surface area contributed by atoms with Crippen LogP contribution >= 0.6 is 0 Å². The van der Waals surface area contributed by atoms with Crippen LogP contribution in [0.4, 0.5) is 5.69 Å². The summed E-state index contributed by atoms with van der Waals surface area (Å²) in [6, 6.07) is 7.69. The van der Waals surface area contributed by atoms with Crippen LogP contribution in [-0.4, -0.2) is 23.7 Å². The van der Waals surface area contributed by atoms with Gasteiger partial charge in [-0.15, -0.1) is 0 Å². The van der Waals surface area contributed by atoms with Crippen molar-refractivity contribution in [1.82, 2.24) is 10.3 Å². The van der Waals surface area contributed by atoms with E-state index in [2.05, 4.69) is 15.6 Å². The topological polar surface area (TPSA) is 74.0 Å². The van der Waals surface area contributed by atoms with Crippen molar-refractivity contribution in [1.29, 1.82) is 0 Å². The van der Waals surface area contributed by atoms with Gasteiger partial charge < -0.3 is 15.6 Å². The van der Waals surface area contributed by atoms with Gasteiger partial charge in [-0.1, -0.05) is 12.1 Å². The molecule has 3 N–H and O–H groups in total. The van der Waals surface area contributed by atoms with Crippen molar-refractivity contribution >= 4 is 17.4 Å². The second kappa shape index (κ2) is 6.79. The summed E-state index contributed by atoms with van der Waals surface area (Å²) >= 11 is 0. The Morgan fingerprint density at radius 2 is 2.09 bits per heavy atom. The second-order valence-electron chi connectivity index (χ2n) is 5.87. The highest BCUT2D eigenvalue weighted by atomic mass is 16.2. The number of ketones is 1. The van der Waals surface area contributed by atoms with Crippen LogP contribution in [0, 0.1) is 0 Å². The summed E-state index contributed by atoms with van der Waals surface area (Å²) in [4.78, 5) is 28.0. The molecule has 5 nitrogen and oxygen atoms in total. The third kappa shape index (κ3) is 3.35. The van der Waals surface area contributed by atoms with Crippen LogP contribution in [0.3, 0.4) is 0 Å². The first-order valence-corrected chi connectivity index (χ1v) is 7.97. The van der Waals surface area contributed by atoms with Crippen molar-refractivity contribution in [2.24, 2.45) is 0 Å². The summed E-state index contributed by atoms with van der Waals surface area (Å²) in [5, 5.41) is 5.98. The average molecular weight is 311 g/mol. The highest BCUT2D eigenvalue weighted by molar-refractivity contribution is 6.13. The predicted molar refractivity (Wildman–Crippen MR) is 89.8 cm³/mol. The largest absolute Gasteiger partial charge is 0.364 e. The summed E-state index contributed by atoms with van der Waals surface area (Å²) in [6.07, 6.45) is 4.86. The number of anilines is 1. The van der Waals surface area contributed by atoms with Crippen LogP contribution < -0.4 is 10.6 Å². The van der Waals surface area contributed by atoms with Crippen molar-refractivity contribution in [3.8, 4) is 0 Å². The molecule has 0 aliphatic heterocycles. The minimum Gasteiger partial charge on any atom is -0.364 e. The SMILES string of the molecule is CNCc1cccc(NC(=O)c2c[nH]c3c2C(=O)CCCC3)c1. The lowest BCUT2D eigenvalue weighted by Gasteiger charge is -2.08. The Morgan fingerprint density at radius 1 is 1.26 bits per heavy atom. The maximum atomic E-state index is 12.6. The number of nitrogens with one attached hydrogen (secondary N) is 3. The van der Waals surface area contributed by atoms with Crippen LogP contribution in [0.2, 0.25) is 0 Å². The highest BCUT2D eigenvalue weighted by Gasteiger charge is 2.24. The Kier molecular flexibility index (Phi) is 4.57. The first kappa shape index (κ1) is 15.5. The number of amides is 1. The van der Waals surface area contributed by atoms with Gasteiger partial charge in [0.05, 0.1) is 11.1 Å². The van der Waals surface area contributed by atoms with E-state index in [4.69, 9.17) is 0 Å². The number of aryl methyl sites for hydroxylation is 1. The molecule has 1 aromatic carbocycles. The first-order valence-electron chi connectivity index (χ1n) is 7.97. The van der Waals surface area contributed by atoms with Gasteiger partial charge in [0.25, 0.3) is 5.91 Å². The molecule has 0 atom stereocenters. The Morgan fingerprint density at radius 3 is 2.91 bits per heavy atom. The van der Waals surface area contributed by atoms with E-state index in [1.54, 1.807) is 6.20 Å². The summed E-state index contributed by atoms with van der Waals surface area (Å²) in [6.45, 7) is 0.738. The molecule has 0 saturated heterocycles. The highest BCUT2D eigenvalue weighted by Crippen LogP contribution is 2.24. The van der Waals surface area contributed by atoms with Gasteiger partial charge in [-0.3, -0.25) is 9.59 Å². The van der Waals surface area contributed by atoms with E-state index in [0.717, 1.165) is 42.8 Å². The minimum absolute atomic E-state index is 0.0628. The molecule has 1 heterocycles. The molecular formula is C18H21N3O2. The molecule has 0 bridgehead atoms. The monoisotopic (exact) mass is 311 g/mol. The molecule has 1 aliphatic carbocycles. The van der Waals surface area contributed by atoms with Gasteiger partial charge in [0.1, 0.15) is 0 Å². The van der Waals surface area contributed by atoms with E-state index in [1.165, 1.54) is 0 Å². The van der Waals surface area contributed by atoms with Gasteiger partial charge in [0.2, 0.25) is 0 Å². The normalized spacial score (nSPS) is 14.2. The Bertz CT molecular complexity index is 734. The average Bonchev–Trinajstić information content (AvgIpc) is 2.88. The van der Waals surface area contributed by atoms with Crippen LogP contribution in [0.5, 0.6) is 0 Å². The quantitative estimate of drug-likeness (QED) is 0.760. The number of benzene rings is 1. The molecule has 0 saturated carbocycles. The van der Waals surface area contributed by atoms with Crippen molar-refractivity contribution < 1.29 is 9.59 Å². The smallest absolute Gasteiger partial charge is 0.257 e. The summed E-state index contributed by atoms with van der Waals surface area (Å²) in [5.41, 5.74) is 3.74. The second-order valence-corrected chi connectivity index (χ2v) is 5.87. The van der Waals surface area contributed by atoms with Crippen LogP contribution in [0.1, 0.15) is 51.2 Å². The number of hydrogen-bond acceptors (Lipinski definition) is 3. The van der Waals surface area contributed by atoms with Crippen molar-refractivity contribution in [3.05, 3.63) is 52.8 Å². The summed E-state index contributed by atoms with van der Waals surface area (Å²) in [5.74, 6) is -0.174. The van der Waals surface area contributed by atoms with E-state index < -0.39 is 0 Å². The lowest BCUT2D eigenvalue weighted by atomic mass is 10.0. The van der Waals surface area contributed by atoms with E-state index in [1.807, 2.05) is 31.3 Å². The molecule has 0 spiro atoms. The molecule has 2 aromatic rings. The standard InChI is InChI=1S/C18H21N3O2/c1-19-10-12-5-4-6-13(9-12)21-18(23)14-11-20-15-7-2-3-8-16(22)17(14)15/h4-6,9,11,19-20H,2-3,7-8,10H2,1H3,(H,21,23). The fourth-order valence-electron chi connectivity index (χ4n) is 3.03. The van der Waals surface area contributed by atoms with E-state index in [9.17, 15) is 9.59 Å². The molecule has 3 rings (SSSR count). The molecule has 23 heavy (non-hydrogen) atoms. The maximum absolute atomic E-state index is 12.6. The van der Waals surface area contributed by atoms with Crippen molar-refractivity contribution in [3.63, 3.8) is 0 Å². The van der Waals surface area contributed by atoms with Gasteiger partial charge in [0, 0.05) is 30.5 Å². The van der Waals surface area contributed by atoms with Gasteiger partial charge in [-0.05, 0) is 44.0 Å². The minimum atomic E-state index is -0.237. The molecule has 120 valence electrons. The molecule has 0 unspecified atom stereocenters. The Balaban J connectivity index is 1.83. The molecular weight excluding hydrogens is 290 g/mol. The lowest BCUT2D eigenvalue weighted by Crippen LogP contribution is -2.15. The summed E-state index contributed by atoms with van der Waals surface area (Å²) in [7, 11) is 1.88. The number of Topliss-reactive ketones (excluding diaryl/α,β-unsaturated/α-hetero) is 1. The summed E-state index contributed by atoms with van der Waals surface area (Å²) < 4.78 is 0. The first-order chi connectivity index (χ1) is 11.2. The maximum Gasteiger partial charge on any atom is 0.257 e. The van der Waals surface area contributed by atoms with Gasteiger partial charge in [-0.25, -0.2) is 0 Å². The van der Waals surface area contributed by atoms with Crippen molar-refractivity contribution in [2.75, 3.05) is 12.4 Å². The van der Waals surface area contributed by atoms with E-state index in [-0.39, 0.29) is 11.7 Å². The number of carbonyl (C=O) groups is 2. The van der Waals surface area contributed by atoms with Crippen LogP contribution in [0.15, 0.2) is 30.5 Å². The number of aromatic amines is 1. The zero-order valence-electron chi connectivity index (χ0n) is 13.2. The molecule has 5 heteroatoms. The molecule has 0 radical (unpaired) electrons. The third-order valence-electron chi connectivity index (χ3n) is 4.13. The Labute approximate surface area is 135 Å². The number of hydrogen-bond donors (Lipinski definition) is 3. The zero-order chi connectivity index (χ0) is 16.2.